The highest BCUT2D eigenvalue weighted by Gasteiger charge is 2.55. The highest BCUT2D eigenvalue weighted by atomic mass is 16.4. The van der Waals surface area contributed by atoms with Gasteiger partial charge >= 0.3 is 5.97 Å². The second-order valence-electron chi connectivity index (χ2n) is 6.93. The van der Waals surface area contributed by atoms with Gasteiger partial charge in [0.2, 0.25) is 0 Å². The van der Waals surface area contributed by atoms with Gasteiger partial charge in [-0.15, -0.1) is 0 Å². The van der Waals surface area contributed by atoms with Crippen molar-refractivity contribution in [2.45, 2.75) is 51.4 Å². The van der Waals surface area contributed by atoms with Gasteiger partial charge in [-0.05, 0) is 67.2 Å². The van der Waals surface area contributed by atoms with Gasteiger partial charge in [-0.1, -0.05) is 19.4 Å². The molecule has 20 heavy (non-hydrogen) atoms. The van der Waals surface area contributed by atoms with Crippen LogP contribution in [0.5, 0.6) is 5.75 Å². The van der Waals surface area contributed by atoms with Crippen molar-refractivity contribution in [3.63, 3.8) is 0 Å². The van der Waals surface area contributed by atoms with Crippen LogP contribution in [0, 0.1) is 11.3 Å². The second kappa shape index (κ2) is 4.24. The third-order valence-electron chi connectivity index (χ3n) is 5.83. The van der Waals surface area contributed by atoms with Crippen LogP contribution in [0.4, 0.5) is 0 Å². The third-order valence-corrected chi connectivity index (χ3v) is 5.83. The lowest BCUT2D eigenvalue weighted by Gasteiger charge is -2.53. The fourth-order valence-electron chi connectivity index (χ4n) is 4.73. The molecule has 0 heterocycles. The Balaban J connectivity index is 2.12. The quantitative estimate of drug-likeness (QED) is 0.824. The smallest absolute Gasteiger partial charge is 0.309 e. The molecular weight excluding hydrogens is 252 g/mol. The standard InChI is InChI=1S/C17H22O3/c1-16-8-3-9-17(2,15(19)20)14(16)7-4-11-10-12(18)5-6-13(11)16/h5-6,10,14,18H,3-4,7-9H2,1-2H3,(H,19,20)/t14?,16-,17+/m0/s1. The van der Waals surface area contributed by atoms with E-state index in [1.165, 1.54) is 11.1 Å². The Morgan fingerprint density at radius 3 is 2.75 bits per heavy atom. The number of fused-ring (bicyclic) bond motifs is 3. The monoisotopic (exact) mass is 274 g/mol. The Bertz CT molecular complexity index is 565. The first-order chi connectivity index (χ1) is 9.38. The van der Waals surface area contributed by atoms with E-state index in [0.717, 1.165) is 32.1 Å². The van der Waals surface area contributed by atoms with Crippen molar-refractivity contribution in [3.8, 4) is 5.75 Å². The fourth-order valence-corrected chi connectivity index (χ4v) is 4.73. The zero-order chi connectivity index (χ0) is 14.5. The number of aromatic hydroxyl groups is 1. The number of aliphatic carboxylic acids is 1. The number of hydrogen-bond donors (Lipinski definition) is 2. The molecule has 2 N–H and O–H groups in total. The van der Waals surface area contributed by atoms with Gasteiger partial charge < -0.3 is 10.2 Å². The van der Waals surface area contributed by atoms with Gasteiger partial charge in [-0.3, -0.25) is 4.79 Å². The van der Waals surface area contributed by atoms with Crippen LogP contribution in [0.1, 0.15) is 50.7 Å². The SMILES string of the molecule is C[C@@]1(C(=O)O)CCC[C@@]2(C)c3ccc(O)cc3CCC12. The van der Waals surface area contributed by atoms with Crippen molar-refractivity contribution < 1.29 is 15.0 Å². The molecule has 2 aliphatic carbocycles. The summed E-state index contributed by atoms with van der Waals surface area (Å²) >= 11 is 0. The van der Waals surface area contributed by atoms with Crippen molar-refractivity contribution in [2.24, 2.45) is 11.3 Å². The first kappa shape index (κ1) is 13.5. The predicted molar refractivity (Wildman–Crippen MR) is 76.9 cm³/mol. The second-order valence-corrected chi connectivity index (χ2v) is 6.93. The maximum Gasteiger partial charge on any atom is 0.309 e. The van der Waals surface area contributed by atoms with E-state index in [1.54, 1.807) is 6.07 Å². The Morgan fingerprint density at radius 1 is 1.30 bits per heavy atom. The van der Waals surface area contributed by atoms with Crippen LogP contribution >= 0.6 is 0 Å². The van der Waals surface area contributed by atoms with Gasteiger partial charge in [0.05, 0.1) is 5.41 Å². The largest absolute Gasteiger partial charge is 0.508 e. The van der Waals surface area contributed by atoms with Crippen LogP contribution in [0.15, 0.2) is 18.2 Å². The molecule has 0 aromatic heterocycles. The number of benzene rings is 1. The molecule has 1 fully saturated rings. The molecule has 0 spiro atoms. The summed E-state index contributed by atoms with van der Waals surface area (Å²) in [5.74, 6) is -0.170. The summed E-state index contributed by atoms with van der Waals surface area (Å²) < 4.78 is 0. The summed E-state index contributed by atoms with van der Waals surface area (Å²) in [6.45, 7) is 4.13. The summed E-state index contributed by atoms with van der Waals surface area (Å²) in [6, 6.07) is 5.59. The zero-order valence-corrected chi connectivity index (χ0v) is 12.1. The van der Waals surface area contributed by atoms with Crippen LogP contribution in [0.2, 0.25) is 0 Å². The topological polar surface area (TPSA) is 57.5 Å². The van der Waals surface area contributed by atoms with E-state index in [4.69, 9.17) is 0 Å². The minimum absolute atomic E-state index is 0.0767. The van der Waals surface area contributed by atoms with Gasteiger partial charge in [0.25, 0.3) is 0 Å². The Kier molecular flexibility index (Phi) is 2.86. The normalized spacial score (nSPS) is 36.0. The van der Waals surface area contributed by atoms with Crippen LogP contribution in [0.25, 0.3) is 0 Å². The van der Waals surface area contributed by atoms with Crippen LogP contribution in [-0.4, -0.2) is 16.2 Å². The number of carboxylic acids is 1. The fraction of sp³-hybridized carbons (Fsp3) is 0.588. The molecule has 3 rings (SSSR count). The average Bonchev–Trinajstić information content (AvgIpc) is 2.37. The highest BCUT2D eigenvalue weighted by Crippen LogP contribution is 2.57. The summed E-state index contributed by atoms with van der Waals surface area (Å²) in [5, 5.41) is 19.4. The van der Waals surface area contributed by atoms with Crippen LogP contribution < -0.4 is 0 Å². The predicted octanol–water partition coefficient (Wildman–Crippen LogP) is 3.49. The van der Waals surface area contributed by atoms with E-state index in [9.17, 15) is 15.0 Å². The Hall–Kier alpha value is -1.51. The lowest BCUT2D eigenvalue weighted by molar-refractivity contribution is -0.157. The minimum Gasteiger partial charge on any atom is -0.508 e. The van der Waals surface area contributed by atoms with E-state index >= 15 is 0 Å². The van der Waals surface area contributed by atoms with Gasteiger partial charge in [-0.25, -0.2) is 0 Å². The number of carbonyl (C=O) groups is 1. The number of phenols is 1. The zero-order valence-electron chi connectivity index (χ0n) is 12.1. The van der Waals surface area contributed by atoms with Gasteiger partial charge in [0.15, 0.2) is 0 Å². The van der Waals surface area contributed by atoms with Gasteiger partial charge in [0, 0.05) is 0 Å². The highest BCUT2D eigenvalue weighted by molar-refractivity contribution is 5.75. The number of phenolic OH excluding ortho intramolecular Hbond substituents is 1. The van der Waals surface area contributed by atoms with E-state index < -0.39 is 11.4 Å². The van der Waals surface area contributed by atoms with Crippen molar-refractivity contribution in [3.05, 3.63) is 29.3 Å². The minimum atomic E-state index is -0.657. The van der Waals surface area contributed by atoms with Gasteiger partial charge in [0.1, 0.15) is 5.75 Å². The lowest BCUT2D eigenvalue weighted by atomic mass is 9.50. The van der Waals surface area contributed by atoms with Crippen molar-refractivity contribution >= 4 is 5.97 Å². The molecule has 0 saturated heterocycles. The number of hydrogen-bond acceptors (Lipinski definition) is 2. The molecule has 3 atom stereocenters. The molecule has 0 radical (unpaired) electrons. The summed E-state index contributed by atoms with van der Waals surface area (Å²) in [5.41, 5.74) is 1.74. The molecule has 0 bridgehead atoms. The molecule has 1 aromatic rings. The number of rotatable bonds is 1. The number of aryl methyl sites for hydroxylation is 1. The van der Waals surface area contributed by atoms with Crippen molar-refractivity contribution in [2.75, 3.05) is 0 Å². The molecular formula is C17H22O3. The molecule has 1 saturated carbocycles. The molecule has 3 heteroatoms. The maximum absolute atomic E-state index is 11.8. The van der Waals surface area contributed by atoms with E-state index in [2.05, 4.69) is 6.92 Å². The number of carboxylic acid groups (broad SMARTS) is 1. The Labute approximate surface area is 119 Å². The molecule has 108 valence electrons. The summed E-state index contributed by atoms with van der Waals surface area (Å²) in [7, 11) is 0. The average molecular weight is 274 g/mol. The van der Waals surface area contributed by atoms with E-state index in [1.807, 2.05) is 19.1 Å². The molecule has 1 unspecified atom stereocenters. The molecule has 2 aliphatic rings. The maximum atomic E-state index is 11.8. The van der Waals surface area contributed by atoms with Crippen LogP contribution in [-0.2, 0) is 16.6 Å². The van der Waals surface area contributed by atoms with E-state index in [-0.39, 0.29) is 11.3 Å². The summed E-state index contributed by atoms with van der Waals surface area (Å²) in [4.78, 5) is 11.8. The van der Waals surface area contributed by atoms with Gasteiger partial charge in [-0.2, -0.15) is 0 Å². The van der Waals surface area contributed by atoms with E-state index in [0.29, 0.717) is 5.75 Å². The van der Waals surface area contributed by atoms with Crippen LogP contribution in [0.3, 0.4) is 0 Å². The molecule has 3 nitrogen and oxygen atoms in total. The summed E-state index contributed by atoms with van der Waals surface area (Å²) in [6.07, 6.45) is 4.53. The first-order valence-electron chi connectivity index (χ1n) is 7.44. The molecule has 0 amide bonds. The van der Waals surface area contributed by atoms with Crippen molar-refractivity contribution in [1.29, 1.82) is 0 Å². The molecule has 0 aliphatic heterocycles. The molecule has 1 aromatic carbocycles. The van der Waals surface area contributed by atoms with Crippen molar-refractivity contribution in [1.82, 2.24) is 0 Å². The first-order valence-corrected chi connectivity index (χ1v) is 7.44. The third kappa shape index (κ3) is 1.68. The lowest BCUT2D eigenvalue weighted by Crippen LogP contribution is -2.52. The Morgan fingerprint density at radius 2 is 2.05 bits per heavy atom.